The van der Waals surface area contributed by atoms with Crippen LogP contribution in [0.15, 0.2) is 18.2 Å². The zero-order chi connectivity index (χ0) is 15.6. The van der Waals surface area contributed by atoms with Crippen LogP contribution in [0.5, 0.6) is 0 Å². The summed E-state index contributed by atoms with van der Waals surface area (Å²) in [5.74, 6) is -1.98. The molecule has 114 valence electrons. The lowest BCUT2D eigenvalue weighted by molar-refractivity contribution is -0.148. The number of carbonyl (C=O) groups is 2. The Hall–Kier alpha value is -1.26. The highest BCUT2D eigenvalue weighted by Gasteiger charge is 2.38. The highest BCUT2D eigenvalue weighted by molar-refractivity contribution is 6.42. The topological polar surface area (TPSA) is 66.4 Å². The lowest BCUT2D eigenvalue weighted by Crippen LogP contribution is -2.38. The number of carboxylic acids is 1. The van der Waals surface area contributed by atoms with E-state index >= 15 is 0 Å². The molecule has 0 heterocycles. The van der Waals surface area contributed by atoms with Crippen molar-refractivity contribution in [2.75, 3.05) is 5.32 Å². The fourth-order valence-electron chi connectivity index (χ4n) is 2.78. The Morgan fingerprint density at radius 1 is 1.19 bits per heavy atom. The largest absolute Gasteiger partial charge is 0.481 e. The first-order valence-electron chi connectivity index (χ1n) is 6.87. The van der Waals surface area contributed by atoms with E-state index in [0.717, 1.165) is 6.42 Å². The molecule has 21 heavy (non-hydrogen) atoms. The van der Waals surface area contributed by atoms with Crippen LogP contribution in [0.1, 0.15) is 26.2 Å². The van der Waals surface area contributed by atoms with Crippen molar-refractivity contribution in [3.8, 4) is 0 Å². The van der Waals surface area contributed by atoms with Gasteiger partial charge >= 0.3 is 5.97 Å². The number of benzene rings is 1. The summed E-state index contributed by atoms with van der Waals surface area (Å²) >= 11 is 11.7. The minimum absolute atomic E-state index is 0.271. The summed E-state index contributed by atoms with van der Waals surface area (Å²) in [6.07, 6.45) is 1.99. The third kappa shape index (κ3) is 3.89. The predicted octanol–water partition coefficient (Wildman–Crippen LogP) is 4.07. The lowest BCUT2D eigenvalue weighted by atomic mass is 9.74. The third-order valence-corrected chi connectivity index (χ3v) is 4.69. The summed E-state index contributed by atoms with van der Waals surface area (Å²) in [7, 11) is 0. The molecular formula is C15H17Cl2NO3. The van der Waals surface area contributed by atoms with Gasteiger partial charge in [0.2, 0.25) is 5.91 Å². The first-order valence-corrected chi connectivity index (χ1v) is 7.62. The van der Waals surface area contributed by atoms with Crippen LogP contribution in [0.3, 0.4) is 0 Å². The highest BCUT2D eigenvalue weighted by atomic mass is 35.5. The van der Waals surface area contributed by atoms with Crippen molar-refractivity contribution in [2.24, 2.45) is 17.8 Å². The van der Waals surface area contributed by atoms with E-state index in [0.29, 0.717) is 34.5 Å². The van der Waals surface area contributed by atoms with Crippen LogP contribution in [0, 0.1) is 17.8 Å². The summed E-state index contributed by atoms with van der Waals surface area (Å²) in [6.45, 7) is 2.02. The second-order valence-corrected chi connectivity index (χ2v) is 6.40. The van der Waals surface area contributed by atoms with Gasteiger partial charge < -0.3 is 10.4 Å². The Bertz CT molecular complexity index is 562. The van der Waals surface area contributed by atoms with Crippen molar-refractivity contribution in [3.05, 3.63) is 28.2 Å². The molecule has 0 saturated heterocycles. The number of halogens is 2. The van der Waals surface area contributed by atoms with E-state index in [9.17, 15) is 14.7 Å². The highest BCUT2D eigenvalue weighted by Crippen LogP contribution is 2.35. The molecule has 1 amide bonds. The fourth-order valence-corrected chi connectivity index (χ4v) is 3.07. The molecule has 0 aliphatic heterocycles. The maximum absolute atomic E-state index is 12.3. The quantitative estimate of drug-likeness (QED) is 0.878. The molecule has 1 aromatic carbocycles. The van der Waals surface area contributed by atoms with Crippen LogP contribution in [-0.4, -0.2) is 17.0 Å². The maximum atomic E-state index is 12.3. The second kappa shape index (κ2) is 6.67. The van der Waals surface area contributed by atoms with Crippen LogP contribution < -0.4 is 5.32 Å². The first kappa shape index (κ1) is 16.1. The van der Waals surface area contributed by atoms with E-state index < -0.39 is 17.8 Å². The average molecular weight is 330 g/mol. The predicted molar refractivity (Wildman–Crippen MR) is 82.7 cm³/mol. The summed E-state index contributed by atoms with van der Waals surface area (Å²) in [6, 6.07) is 4.80. The van der Waals surface area contributed by atoms with Crippen LogP contribution >= 0.6 is 23.2 Å². The third-order valence-electron chi connectivity index (χ3n) is 3.95. The molecule has 6 heteroatoms. The number of anilines is 1. The number of rotatable bonds is 3. The molecule has 2 N–H and O–H groups in total. The number of hydrogen-bond acceptors (Lipinski definition) is 2. The molecule has 0 radical (unpaired) electrons. The fraction of sp³-hybridized carbons (Fsp3) is 0.467. The second-order valence-electron chi connectivity index (χ2n) is 5.59. The average Bonchev–Trinajstić information content (AvgIpc) is 2.42. The molecule has 0 bridgehead atoms. The van der Waals surface area contributed by atoms with E-state index in [-0.39, 0.29) is 5.91 Å². The number of nitrogens with one attached hydrogen (secondary N) is 1. The summed E-state index contributed by atoms with van der Waals surface area (Å²) in [5.41, 5.74) is 0.525. The summed E-state index contributed by atoms with van der Waals surface area (Å²) < 4.78 is 0. The van der Waals surface area contributed by atoms with Gasteiger partial charge in [-0.05, 0) is 43.4 Å². The van der Waals surface area contributed by atoms with Gasteiger partial charge in [0.25, 0.3) is 0 Å². The Kier molecular flexibility index (Phi) is 5.12. The van der Waals surface area contributed by atoms with Crippen molar-refractivity contribution < 1.29 is 14.7 Å². The summed E-state index contributed by atoms with van der Waals surface area (Å²) in [4.78, 5) is 23.7. The van der Waals surface area contributed by atoms with Crippen molar-refractivity contribution in [2.45, 2.75) is 26.2 Å². The zero-order valence-electron chi connectivity index (χ0n) is 11.6. The van der Waals surface area contributed by atoms with E-state index in [1.165, 1.54) is 0 Å². The van der Waals surface area contributed by atoms with E-state index in [4.69, 9.17) is 23.2 Å². The molecule has 3 atom stereocenters. The van der Waals surface area contributed by atoms with Crippen molar-refractivity contribution in [3.63, 3.8) is 0 Å². The molecule has 1 aliphatic carbocycles. The molecule has 1 aromatic rings. The van der Waals surface area contributed by atoms with Crippen LogP contribution in [0.25, 0.3) is 0 Å². The van der Waals surface area contributed by atoms with E-state index in [1.54, 1.807) is 18.2 Å². The molecule has 1 aliphatic rings. The van der Waals surface area contributed by atoms with Gasteiger partial charge in [0.15, 0.2) is 0 Å². The van der Waals surface area contributed by atoms with Gasteiger partial charge in [-0.1, -0.05) is 30.1 Å². The number of aliphatic carboxylic acids is 1. The standard InChI is InChI=1S/C15H17Cl2NO3/c1-8-2-4-10(11(6-8)15(20)21)14(19)18-9-3-5-12(16)13(17)7-9/h3,5,7-8,10-11H,2,4,6H2,1H3,(H,18,19)(H,20,21). The normalized spacial score (nSPS) is 25.4. The molecule has 1 saturated carbocycles. The Labute approximate surface area is 133 Å². The van der Waals surface area contributed by atoms with Gasteiger partial charge in [-0.25, -0.2) is 0 Å². The number of amides is 1. The van der Waals surface area contributed by atoms with Crippen molar-refractivity contribution in [1.82, 2.24) is 0 Å². The monoisotopic (exact) mass is 329 g/mol. The molecule has 4 nitrogen and oxygen atoms in total. The maximum Gasteiger partial charge on any atom is 0.307 e. The van der Waals surface area contributed by atoms with E-state index in [2.05, 4.69) is 5.32 Å². The van der Waals surface area contributed by atoms with Gasteiger partial charge in [-0.15, -0.1) is 0 Å². The summed E-state index contributed by atoms with van der Waals surface area (Å²) in [5, 5.41) is 12.8. The number of carbonyl (C=O) groups excluding carboxylic acids is 1. The number of carboxylic acid groups (broad SMARTS) is 1. The molecule has 0 aromatic heterocycles. The molecule has 0 spiro atoms. The smallest absolute Gasteiger partial charge is 0.307 e. The number of hydrogen-bond donors (Lipinski definition) is 2. The molecule has 2 rings (SSSR count). The van der Waals surface area contributed by atoms with Gasteiger partial charge in [-0.2, -0.15) is 0 Å². The SMILES string of the molecule is CC1CCC(C(=O)Nc2ccc(Cl)c(Cl)c2)C(C(=O)O)C1. The lowest BCUT2D eigenvalue weighted by Gasteiger charge is -2.31. The van der Waals surface area contributed by atoms with Gasteiger partial charge in [0.05, 0.1) is 21.9 Å². The van der Waals surface area contributed by atoms with Crippen molar-refractivity contribution >= 4 is 40.8 Å². The van der Waals surface area contributed by atoms with Gasteiger partial charge in [0.1, 0.15) is 0 Å². The molecular weight excluding hydrogens is 313 g/mol. The molecule has 3 unspecified atom stereocenters. The van der Waals surface area contributed by atoms with Crippen LogP contribution in [0.4, 0.5) is 5.69 Å². The van der Waals surface area contributed by atoms with Crippen molar-refractivity contribution in [1.29, 1.82) is 0 Å². The minimum Gasteiger partial charge on any atom is -0.481 e. The Balaban J connectivity index is 2.10. The van der Waals surface area contributed by atoms with Gasteiger partial charge in [0, 0.05) is 5.69 Å². The Morgan fingerprint density at radius 2 is 1.90 bits per heavy atom. The first-order chi connectivity index (χ1) is 9.88. The zero-order valence-corrected chi connectivity index (χ0v) is 13.1. The van der Waals surface area contributed by atoms with E-state index in [1.807, 2.05) is 6.92 Å². The van der Waals surface area contributed by atoms with Crippen LogP contribution in [-0.2, 0) is 9.59 Å². The Morgan fingerprint density at radius 3 is 2.52 bits per heavy atom. The minimum atomic E-state index is -0.907. The molecule has 1 fully saturated rings. The van der Waals surface area contributed by atoms with Gasteiger partial charge in [-0.3, -0.25) is 9.59 Å². The van der Waals surface area contributed by atoms with Crippen LogP contribution in [0.2, 0.25) is 10.0 Å².